The molecule has 2 heterocycles. The minimum atomic E-state index is -4.68. The second-order valence-corrected chi connectivity index (χ2v) is 6.70. The van der Waals surface area contributed by atoms with Gasteiger partial charge in [0, 0.05) is 23.4 Å². The molecule has 0 atom stereocenters. The van der Waals surface area contributed by atoms with E-state index >= 15 is 0 Å². The number of alkyl halides is 3. The standard InChI is InChI=1S/C21H17F3N4O/c22-21(23,24)19-17(8-10-26-28-19)16-3-1-2-4-18(16)20(29)27-15-6-5-13-7-9-25-12-14(13)11-15/h1-6,8,10-11,25H,7,9,12H2,(H,27,29). The highest BCUT2D eigenvalue weighted by Gasteiger charge is 2.37. The van der Waals surface area contributed by atoms with Crippen molar-refractivity contribution in [3.05, 3.63) is 77.1 Å². The summed E-state index contributed by atoms with van der Waals surface area (Å²) in [5.41, 5.74) is 1.87. The van der Waals surface area contributed by atoms with E-state index < -0.39 is 17.8 Å². The molecule has 1 aliphatic heterocycles. The second kappa shape index (κ2) is 7.63. The highest BCUT2D eigenvalue weighted by Crippen LogP contribution is 2.36. The number of rotatable bonds is 3. The number of hydrogen-bond donors (Lipinski definition) is 2. The van der Waals surface area contributed by atoms with Gasteiger partial charge < -0.3 is 10.6 Å². The fourth-order valence-electron chi connectivity index (χ4n) is 3.43. The molecule has 0 saturated heterocycles. The zero-order chi connectivity index (χ0) is 20.4. The number of nitrogens with one attached hydrogen (secondary N) is 2. The summed E-state index contributed by atoms with van der Waals surface area (Å²) in [4.78, 5) is 12.9. The Morgan fingerprint density at radius 2 is 1.86 bits per heavy atom. The first-order valence-electron chi connectivity index (χ1n) is 9.05. The Labute approximate surface area is 165 Å². The van der Waals surface area contributed by atoms with Gasteiger partial charge in [0.25, 0.3) is 5.91 Å². The summed E-state index contributed by atoms with van der Waals surface area (Å²) in [5, 5.41) is 12.7. The lowest BCUT2D eigenvalue weighted by Crippen LogP contribution is -2.23. The molecular weight excluding hydrogens is 381 g/mol. The van der Waals surface area contributed by atoms with Crippen molar-refractivity contribution >= 4 is 11.6 Å². The lowest BCUT2D eigenvalue weighted by molar-refractivity contribution is -0.141. The largest absolute Gasteiger partial charge is 0.435 e. The van der Waals surface area contributed by atoms with Crippen LogP contribution in [0.2, 0.25) is 0 Å². The van der Waals surface area contributed by atoms with E-state index in [0.29, 0.717) is 12.2 Å². The average molecular weight is 398 g/mol. The molecule has 0 saturated carbocycles. The van der Waals surface area contributed by atoms with E-state index in [1.165, 1.54) is 30.0 Å². The van der Waals surface area contributed by atoms with Crippen LogP contribution < -0.4 is 10.6 Å². The number of fused-ring (bicyclic) bond motifs is 1. The van der Waals surface area contributed by atoms with Gasteiger partial charge in [-0.2, -0.15) is 18.3 Å². The molecular formula is C21H17F3N4O. The van der Waals surface area contributed by atoms with Gasteiger partial charge in [-0.25, -0.2) is 0 Å². The van der Waals surface area contributed by atoms with E-state index in [1.807, 2.05) is 12.1 Å². The molecule has 0 spiro atoms. The van der Waals surface area contributed by atoms with E-state index in [9.17, 15) is 18.0 Å². The van der Waals surface area contributed by atoms with Crippen LogP contribution in [0, 0.1) is 0 Å². The zero-order valence-electron chi connectivity index (χ0n) is 15.3. The van der Waals surface area contributed by atoms with Gasteiger partial charge in [0.15, 0.2) is 5.69 Å². The second-order valence-electron chi connectivity index (χ2n) is 6.70. The van der Waals surface area contributed by atoms with Crippen molar-refractivity contribution in [2.45, 2.75) is 19.1 Å². The maximum Gasteiger partial charge on any atom is 0.435 e. The lowest BCUT2D eigenvalue weighted by atomic mass is 9.97. The first-order valence-corrected chi connectivity index (χ1v) is 9.05. The average Bonchev–Trinajstić information content (AvgIpc) is 2.73. The van der Waals surface area contributed by atoms with Gasteiger partial charge in [0.2, 0.25) is 0 Å². The first kappa shape index (κ1) is 19.1. The van der Waals surface area contributed by atoms with Crippen molar-refractivity contribution in [1.29, 1.82) is 0 Å². The number of nitrogens with zero attached hydrogens (tertiary/aromatic N) is 2. The van der Waals surface area contributed by atoms with Crippen molar-refractivity contribution in [3.63, 3.8) is 0 Å². The lowest BCUT2D eigenvalue weighted by Gasteiger charge is -2.18. The summed E-state index contributed by atoms with van der Waals surface area (Å²) >= 11 is 0. The number of hydrogen-bond acceptors (Lipinski definition) is 4. The quantitative estimate of drug-likeness (QED) is 0.698. The van der Waals surface area contributed by atoms with E-state index in [1.54, 1.807) is 18.2 Å². The van der Waals surface area contributed by atoms with Crippen LogP contribution in [0.3, 0.4) is 0 Å². The third kappa shape index (κ3) is 3.97. The molecule has 0 radical (unpaired) electrons. The van der Waals surface area contributed by atoms with E-state index in [-0.39, 0.29) is 16.7 Å². The van der Waals surface area contributed by atoms with Gasteiger partial charge in [-0.15, -0.1) is 5.10 Å². The van der Waals surface area contributed by atoms with E-state index in [2.05, 4.69) is 20.8 Å². The summed E-state index contributed by atoms with van der Waals surface area (Å²) in [7, 11) is 0. The number of halogens is 3. The summed E-state index contributed by atoms with van der Waals surface area (Å²) < 4.78 is 40.1. The molecule has 0 unspecified atom stereocenters. The monoisotopic (exact) mass is 398 g/mol. The van der Waals surface area contributed by atoms with Crippen LogP contribution in [-0.2, 0) is 19.1 Å². The maximum absolute atomic E-state index is 13.4. The van der Waals surface area contributed by atoms with E-state index in [0.717, 1.165) is 18.5 Å². The van der Waals surface area contributed by atoms with Gasteiger partial charge in [0.1, 0.15) is 0 Å². The van der Waals surface area contributed by atoms with Crippen LogP contribution in [-0.4, -0.2) is 22.6 Å². The third-order valence-corrected chi connectivity index (χ3v) is 4.80. The van der Waals surface area contributed by atoms with Crippen molar-refractivity contribution < 1.29 is 18.0 Å². The number of carbonyl (C=O) groups is 1. The molecule has 29 heavy (non-hydrogen) atoms. The fraction of sp³-hybridized carbons (Fsp3) is 0.190. The molecule has 1 aliphatic rings. The van der Waals surface area contributed by atoms with Gasteiger partial charge in [-0.1, -0.05) is 24.3 Å². The molecule has 2 aromatic carbocycles. The summed E-state index contributed by atoms with van der Waals surface area (Å²) in [6, 6.07) is 13.0. The van der Waals surface area contributed by atoms with Gasteiger partial charge >= 0.3 is 6.18 Å². The summed E-state index contributed by atoms with van der Waals surface area (Å²) in [5.74, 6) is -0.491. The molecule has 2 N–H and O–H groups in total. The summed E-state index contributed by atoms with van der Waals surface area (Å²) in [6.45, 7) is 1.63. The van der Waals surface area contributed by atoms with Gasteiger partial charge in [0.05, 0.1) is 6.20 Å². The number of aromatic nitrogens is 2. The molecule has 8 heteroatoms. The highest BCUT2D eigenvalue weighted by atomic mass is 19.4. The van der Waals surface area contributed by atoms with Crippen LogP contribution in [0.25, 0.3) is 11.1 Å². The third-order valence-electron chi connectivity index (χ3n) is 4.80. The SMILES string of the molecule is O=C(Nc1ccc2c(c1)CNCC2)c1ccccc1-c1ccnnc1C(F)(F)F. The molecule has 5 nitrogen and oxygen atoms in total. The van der Waals surface area contributed by atoms with Gasteiger partial charge in [-0.05, 0) is 53.9 Å². The number of amides is 1. The highest BCUT2D eigenvalue weighted by molar-refractivity contribution is 6.08. The number of anilines is 1. The molecule has 1 aromatic heterocycles. The topological polar surface area (TPSA) is 66.9 Å². The van der Waals surface area contributed by atoms with Crippen LogP contribution >= 0.6 is 0 Å². The Kier molecular flexibility index (Phi) is 5.02. The first-order chi connectivity index (χ1) is 13.9. The van der Waals surface area contributed by atoms with Crippen LogP contribution in [0.5, 0.6) is 0 Å². The van der Waals surface area contributed by atoms with Crippen LogP contribution in [0.1, 0.15) is 27.2 Å². The Balaban J connectivity index is 1.68. The summed E-state index contributed by atoms with van der Waals surface area (Å²) in [6.07, 6.45) is -2.59. The van der Waals surface area contributed by atoms with Crippen molar-refractivity contribution in [2.24, 2.45) is 0 Å². The zero-order valence-corrected chi connectivity index (χ0v) is 15.3. The number of carbonyl (C=O) groups excluding carboxylic acids is 1. The molecule has 3 aromatic rings. The predicted molar refractivity (Wildman–Crippen MR) is 102 cm³/mol. The maximum atomic E-state index is 13.4. The molecule has 4 rings (SSSR count). The molecule has 0 fully saturated rings. The molecule has 1 amide bonds. The van der Waals surface area contributed by atoms with Crippen molar-refractivity contribution in [1.82, 2.24) is 15.5 Å². The molecule has 148 valence electrons. The minimum absolute atomic E-state index is 0.127. The Morgan fingerprint density at radius 1 is 1.03 bits per heavy atom. The van der Waals surface area contributed by atoms with Crippen LogP contribution in [0.15, 0.2) is 54.7 Å². The van der Waals surface area contributed by atoms with Crippen molar-refractivity contribution in [3.8, 4) is 11.1 Å². The van der Waals surface area contributed by atoms with Crippen molar-refractivity contribution in [2.75, 3.05) is 11.9 Å². The Morgan fingerprint density at radius 3 is 2.69 bits per heavy atom. The Bertz CT molecular complexity index is 1070. The normalized spacial score (nSPS) is 13.6. The van der Waals surface area contributed by atoms with Crippen LogP contribution in [0.4, 0.5) is 18.9 Å². The fourth-order valence-corrected chi connectivity index (χ4v) is 3.43. The Hall–Kier alpha value is -3.26. The smallest absolute Gasteiger partial charge is 0.322 e. The van der Waals surface area contributed by atoms with E-state index in [4.69, 9.17) is 0 Å². The minimum Gasteiger partial charge on any atom is -0.322 e. The number of benzene rings is 2. The molecule has 0 bridgehead atoms. The molecule has 0 aliphatic carbocycles. The predicted octanol–water partition coefficient (Wildman–Crippen LogP) is 4.06. The van der Waals surface area contributed by atoms with Gasteiger partial charge in [-0.3, -0.25) is 4.79 Å².